The summed E-state index contributed by atoms with van der Waals surface area (Å²) in [4.78, 5) is 14.3. The molecule has 0 saturated carbocycles. The van der Waals surface area contributed by atoms with E-state index in [1.165, 1.54) is 11.8 Å². The number of para-hydroxylation sites is 1. The Balaban J connectivity index is 1.51. The van der Waals surface area contributed by atoms with Gasteiger partial charge in [0.1, 0.15) is 5.25 Å². The molecule has 4 nitrogen and oxygen atoms in total. The molecule has 1 amide bonds. The van der Waals surface area contributed by atoms with Gasteiger partial charge >= 0.3 is 0 Å². The Morgan fingerprint density at radius 2 is 1.40 bits per heavy atom. The van der Waals surface area contributed by atoms with Crippen molar-refractivity contribution in [3.63, 3.8) is 0 Å². The molecule has 0 spiro atoms. The Morgan fingerprint density at radius 3 is 2.11 bits per heavy atom. The summed E-state index contributed by atoms with van der Waals surface area (Å²) in [6.07, 6.45) is 0. The minimum absolute atomic E-state index is 0.190. The number of carbonyl (C=O) groups is 1. The van der Waals surface area contributed by atoms with E-state index in [1.54, 1.807) is 18.2 Å². The van der Waals surface area contributed by atoms with Crippen LogP contribution in [0.3, 0.4) is 0 Å². The van der Waals surface area contributed by atoms with Gasteiger partial charge in [-0.2, -0.15) is 0 Å². The molecule has 4 aromatic carbocycles. The van der Waals surface area contributed by atoms with E-state index < -0.39 is 5.25 Å². The zero-order valence-electron chi connectivity index (χ0n) is 18.4. The highest BCUT2D eigenvalue weighted by Gasteiger charge is 2.23. The number of thiocarbonyl (C=S) groups is 1. The Morgan fingerprint density at radius 1 is 0.743 bits per heavy atom. The van der Waals surface area contributed by atoms with Gasteiger partial charge in [0, 0.05) is 21.3 Å². The number of carbonyl (C=O) groups excluding carboxylic acids is 1. The van der Waals surface area contributed by atoms with Crippen LogP contribution in [0.15, 0.2) is 108 Å². The van der Waals surface area contributed by atoms with Gasteiger partial charge in [0.2, 0.25) is 5.91 Å². The molecule has 35 heavy (non-hydrogen) atoms. The molecule has 1 unspecified atom stereocenters. The van der Waals surface area contributed by atoms with Crippen LogP contribution in [0.25, 0.3) is 0 Å². The van der Waals surface area contributed by atoms with E-state index in [0.717, 1.165) is 21.8 Å². The smallest absolute Gasteiger partial charge is 0.242 e. The number of amides is 1. The van der Waals surface area contributed by atoms with Gasteiger partial charge in [-0.25, -0.2) is 0 Å². The van der Waals surface area contributed by atoms with Crippen molar-refractivity contribution in [2.24, 2.45) is 0 Å². The molecule has 1 atom stereocenters. The van der Waals surface area contributed by atoms with E-state index in [-0.39, 0.29) is 5.91 Å². The molecular formula is C27H21Cl2N3OS2. The van der Waals surface area contributed by atoms with Crippen molar-refractivity contribution in [2.75, 3.05) is 16.0 Å². The number of rotatable bonds is 7. The minimum atomic E-state index is -0.507. The van der Waals surface area contributed by atoms with Crippen molar-refractivity contribution < 1.29 is 4.79 Å². The Hall–Kier alpha value is -3.03. The van der Waals surface area contributed by atoms with Crippen molar-refractivity contribution in [1.29, 1.82) is 0 Å². The van der Waals surface area contributed by atoms with Gasteiger partial charge in [-0.15, -0.1) is 11.8 Å². The number of hydrogen-bond donors (Lipinski definition) is 3. The fourth-order valence-electron chi connectivity index (χ4n) is 3.29. The summed E-state index contributed by atoms with van der Waals surface area (Å²) in [5.41, 5.74) is 3.10. The lowest BCUT2D eigenvalue weighted by molar-refractivity contribution is -0.115. The van der Waals surface area contributed by atoms with E-state index in [2.05, 4.69) is 16.0 Å². The van der Waals surface area contributed by atoms with Crippen molar-refractivity contribution in [2.45, 2.75) is 10.1 Å². The number of nitrogens with one attached hydrogen (secondary N) is 3. The van der Waals surface area contributed by atoms with Gasteiger partial charge in [-0.1, -0.05) is 77.8 Å². The second-order valence-corrected chi connectivity index (χ2v) is 9.93. The van der Waals surface area contributed by atoms with Crippen LogP contribution in [0.1, 0.15) is 10.8 Å². The van der Waals surface area contributed by atoms with Crippen molar-refractivity contribution in [3.05, 3.63) is 119 Å². The lowest BCUT2D eigenvalue weighted by atomic mass is 10.1. The summed E-state index contributed by atoms with van der Waals surface area (Å²) >= 11 is 19.2. The van der Waals surface area contributed by atoms with Crippen LogP contribution in [0.2, 0.25) is 10.0 Å². The minimum Gasteiger partial charge on any atom is -0.332 e. The molecule has 0 aliphatic carbocycles. The van der Waals surface area contributed by atoms with Crippen LogP contribution in [0.4, 0.5) is 17.1 Å². The number of hydrogen-bond acceptors (Lipinski definition) is 3. The summed E-state index contributed by atoms with van der Waals surface area (Å²) in [7, 11) is 0. The first-order valence-corrected chi connectivity index (χ1v) is 12.7. The summed E-state index contributed by atoms with van der Waals surface area (Å²) in [6, 6.07) is 32.1. The molecule has 4 rings (SSSR count). The third-order valence-corrected chi connectivity index (χ3v) is 6.91. The maximum Gasteiger partial charge on any atom is 0.242 e. The molecule has 0 bridgehead atoms. The van der Waals surface area contributed by atoms with Gasteiger partial charge in [-0.05, 0) is 66.3 Å². The van der Waals surface area contributed by atoms with Crippen molar-refractivity contribution in [3.8, 4) is 0 Å². The predicted octanol–water partition coefficient (Wildman–Crippen LogP) is 8.27. The zero-order chi connectivity index (χ0) is 24.6. The highest BCUT2D eigenvalue weighted by Crippen LogP contribution is 2.38. The molecule has 3 N–H and O–H groups in total. The second-order valence-electron chi connectivity index (χ2n) is 7.49. The van der Waals surface area contributed by atoms with Crippen LogP contribution >= 0.6 is 47.2 Å². The number of benzene rings is 4. The van der Waals surface area contributed by atoms with Gasteiger partial charge < -0.3 is 16.0 Å². The molecule has 0 aliphatic heterocycles. The summed E-state index contributed by atoms with van der Waals surface area (Å²) in [6.45, 7) is 0. The summed E-state index contributed by atoms with van der Waals surface area (Å²) in [5.74, 6) is -0.190. The zero-order valence-corrected chi connectivity index (χ0v) is 21.5. The van der Waals surface area contributed by atoms with E-state index in [0.29, 0.717) is 20.8 Å². The summed E-state index contributed by atoms with van der Waals surface area (Å²) in [5, 5.41) is 10.2. The van der Waals surface area contributed by atoms with Crippen LogP contribution in [0.5, 0.6) is 0 Å². The first-order valence-electron chi connectivity index (χ1n) is 10.7. The number of thioether (sulfide) groups is 1. The lowest BCUT2D eigenvalue weighted by Gasteiger charge is -2.18. The summed E-state index contributed by atoms with van der Waals surface area (Å²) < 4.78 is 0. The normalized spacial score (nSPS) is 11.4. The van der Waals surface area contributed by atoms with Gasteiger partial charge in [0.05, 0.1) is 10.7 Å². The molecular weight excluding hydrogens is 517 g/mol. The third-order valence-electron chi connectivity index (χ3n) is 4.91. The lowest BCUT2D eigenvalue weighted by Crippen LogP contribution is -2.19. The Bertz CT molecular complexity index is 1320. The second kappa shape index (κ2) is 12.1. The average molecular weight is 539 g/mol. The van der Waals surface area contributed by atoms with Crippen LogP contribution < -0.4 is 16.0 Å². The first-order chi connectivity index (χ1) is 17.0. The predicted molar refractivity (Wildman–Crippen MR) is 153 cm³/mol. The van der Waals surface area contributed by atoms with Crippen LogP contribution in [-0.4, -0.2) is 11.0 Å². The van der Waals surface area contributed by atoms with E-state index in [9.17, 15) is 4.79 Å². The third kappa shape index (κ3) is 7.23. The quantitative estimate of drug-likeness (QED) is 0.163. The van der Waals surface area contributed by atoms with Gasteiger partial charge in [-0.3, -0.25) is 4.79 Å². The molecule has 0 aromatic heterocycles. The average Bonchev–Trinajstić information content (AvgIpc) is 2.85. The maximum absolute atomic E-state index is 13.4. The fourth-order valence-corrected chi connectivity index (χ4v) is 5.06. The molecule has 176 valence electrons. The van der Waals surface area contributed by atoms with E-state index >= 15 is 0 Å². The molecule has 0 saturated heterocycles. The standard InChI is InChI=1S/C27H21Cl2N3OS2/c28-19-14-15-24(23(29)16-19)32-26(33)25(18-8-3-1-4-9-18)35-22-13-7-12-21(17-22)31-27(34)30-20-10-5-2-6-11-20/h1-17,25H,(H,32,33)(H2,30,31,34). The van der Waals surface area contributed by atoms with Crippen LogP contribution in [-0.2, 0) is 4.79 Å². The SMILES string of the molecule is O=C(Nc1ccc(Cl)cc1Cl)C(Sc1cccc(NC(=S)Nc2ccccc2)c1)c1ccccc1. The van der Waals surface area contributed by atoms with Crippen molar-refractivity contribution >= 4 is 75.3 Å². The highest BCUT2D eigenvalue weighted by molar-refractivity contribution is 8.00. The largest absolute Gasteiger partial charge is 0.332 e. The molecule has 0 fully saturated rings. The molecule has 0 aliphatic rings. The van der Waals surface area contributed by atoms with Gasteiger partial charge in [0.25, 0.3) is 0 Å². The Labute approximate surface area is 224 Å². The van der Waals surface area contributed by atoms with Crippen molar-refractivity contribution in [1.82, 2.24) is 0 Å². The fraction of sp³-hybridized carbons (Fsp3) is 0.0370. The highest BCUT2D eigenvalue weighted by atomic mass is 35.5. The molecule has 8 heteroatoms. The van der Waals surface area contributed by atoms with E-state index in [4.69, 9.17) is 35.4 Å². The van der Waals surface area contributed by atoms with Crippen LogP contribution in [0, 0.1) is 0 Å². The number of halogens is 2. The van der Waals surface area contributed by atoms with Gasteiger partial charge in [0.15, 0.2) is 5.11 Å². The maximum atomic E-state index is 13.4. The first kappa shape index (κ1) is 25.1. The topological polar surface area (TPSA) is 53.2 Å². The molecule has 0 radical (unpaired) electrons. The monoisotopic (exact) mass is 537 g/mol. The molecule has 0 heterocycles. The Kier molecular flexibility index (Phi) is 8.66. The molecule has 4 aromatic rings. The van der Waals surface area contributed by atoms with E-state index in [1.807, 2.05) is 84.9 Å². The number of anilines is 3.